The zero-order chi connectivity index (χ0) is 20.1. The van der Waals surface area contributed by atoms with Crippen LogP contribution in [0, 0.1) is 6.92 Å². The molecule has 0 radical (unpaired) electrons. The highest BCUT2D eigenvalue weighted by Crippen LogP contribution is 2.25. The van der Waals surface area contributed by atoms with Gasteiger partial charge in [0.1, 0.15) is 11.5 Å². The van der Waals surface area contributed by atoms with Gasteiger partial charge in [0.2, 0.25) is 0 Å². The number of carboxylic acids is 1. The van der Waals surface area contributed by atoms with Gasteiger partial charge in [0.15, 0.2) is 0 Å². The molecular formula is C20H16BrN3O4. The first-order chi connectivity index (χ1) is 13.4. The third-order valence-corrected chi connectivity index (χ3v) is 4.71. The Balaban J connectivity index is 1.63. The average Bonchev–Trinajstić information content (AvgIpc) is 3.13. The lowest BCUT2D eigenvalue weighted by Crippen LogP contribution is -2.24. The van der Waals surface area contributed by atoms with Crippen molar-refractivity contribution in [3.63, 3.8) is 0 Å². The maximum Gasteiger partial charge on any atom is 0.339 e. The van der Waals surface area contributed by atoms with Gasteiger partial charge < -0.3 is 14.8 Å². The normalized spacial score (nSPS) is 10.8. The van der Waals surface area contributed by atoms with Crippen molar-refractivity contribution < 1.29 is 19.1 Å². The van der Waals surface area contributed by atoms with E-state index in [1.807, 2.05) is 19.1 Å². The summed E-state index contributed by atoms with van der Waals surface area (Å²) >= 11 is 3.40. The van der Waals surface area contributed by atoms with Crippen molar-refractivity contribution in [2.24, 2.45) is 5.10 Å². The molecular weight excluding hydrogens is 426 g/mol. The first kappa shape index (κ1) is 19.4. The van der Waals surface area contributed by atoms with Gasteiger partial charge in [-0.3, -0.25) is 0 Å². The van der Waals surface area contributed by atoms with Crippen LogP contribution in [0.2, 0.25) is 0 Å². The maximum absolute atomic E-state index is 11.9. The quantitative estimate of drug-likeness (QED) is 0.387. The first-order valence-electron chi connectivity index (χ1n) is 8.23. The minimum Gasteiger partial charge on any atom is -0.478 e. The van der Waals surface area contributed by atoms with Gasteiger partial charge in [-0.05, 0) is 48.9 Å². The van der Waals surface area contributed by atoms with Gasteiger partial charge in [-0.15, -0.1) is 0 Å². The Morgan fingerprint density at radius 3 is 2.68 bits per heavy atom. The lowest BCUT2D eigenvalue weighted by Gasteiger charge is -2.06. The van der Waals surface area contributed by atoms with Crippen LogP contribution in [0.3, 0.4) is 0 Å². The molecule has 0 unspecified atom stereocenters. The third-order valence-electron chi connectivity index (χ3n) is 3.82. The molecule has 1 aromatic heterocycles. The number of amides is 2. The number of carbonyl (C=O) groups excluding carboxylic acids is 1. The molecule has 3 rings (SSSR count). The third kappa shape index (κ3) is 4.66. The summed E-state index contributed by atoms with van der Waals surface area (Å²) in [5, 5.41) is 15.8. The second-order valence-corrected chi connectivity index (χ2v) is 6.70. The van der Waals surface area contributed by atoms with E-state index in [2.05, 4.69) is 31.8 Å². The molecule has 142 valence electrons. The van der Waals surface area contributed by atoms with E-state index in [-0.39, 0.29) is 5.56 Å². The lowest BCUT2D eigenvalue weighted by molar-refractivity contribution is 0.0697. The number of anilines is 1. The molecule has 1 heterocycles. The summed E-state index contributed by atoms with van der Waals surface area (Å²) in [5.74, 6) is -0.270. The van der Waals surface area contributed by atoms with Gasteiger partial charge in [0.05, 0.1) is 11.8 Å². The van der Waals surface area contributed by atoms with Crippen LogP contribution in [0.1, 0.15) is 21.7 Å². The van der Waals surface area contributed by atoms with Gasteiger partial charge in [0.25, 0.3) is 0 Å². The van der Waals surface area contributed by atoms with Gasteiger partial charge >= 0.3 is 12.0 Å². The molecule has 0 aliphatic heterocycles. The number of carboxylic acid groups (broad SMARTS) is 1. The molecule has 0 spiro atoms. The number of nitrogens with one attached hydrogen (secondary N) is 2. The zero-order valence-corrected chi connectivity index (χ0v) is 16.4. The summed E-state index contributed by atoms with van der Waals surface area (Å²) in [6, 6.07) is 14.8. The number of benzene rings is 2. The fraction of sp³-hybridized carbons (Fsp3) is 0.0500. The Bertz CT molecular complexity index is 1060. The molecule has 0 atom stereocenters. The number of carbonyl (C=O) groups is 2. The topological polar surface area (TPSA) is 104 Å². The van der Waals surface area contributed by atoms with Crippen molar-refractivity contribution in [3.05, 3.63) is 76.0 Å². The van der Waals surface area contributed by atoms with Crippen LogP contribution < -0.4 is 10.7 Å². The minimum absolute atomic E-state index is 0.141. The molecule has 0 aliphatic carbocycles. The van der Waals surface area contributed by atoms with Crippen molar-refractivity contribution in [2.75, 3.05) is 5.32 Å². The Kier molecular flexibility index (Phi) is 5.90. The molecule has 3 N–H and O–H groups in total. The minimum atomic E-state index is -1.04. The molecule has 3 aromatic rings. The zero-order valence-electron chi connectivity index (χ0n) is 14.8. The SMILES string of the molecule is Cc1cc(NC(=O)N/N=C/c2ccc(-c3ccccc3C(=O)O)o2)ccc1Br. The summed E-state index contributed by atoms with van der Waals surface area (Å²) in [6.07, 6.45) is 1.33. The Morgan fingerprint density at radius 2 is 1.93 bits per heavy atom. The highest BCUT2D eigenvalue weighted by Gasteiger charge is 2.13. The summed E-state index contributed by atoms with van der Waals surface area (Å²) in [6.45, 7) is 1.92. The van der Waals surface area contributed by atoms with Crippen LogP contribution in [0.25, 0.3) is 11.3 Å². The monoisotopic (exact) mass is 441 g/mol. The van der Waals surface area contributed by atoms with E-state index in [1.54, 1.807) is 36.4 Å². The second kappa shape index (κ2) is 8.53. The Morgan fingerprint density at radius 1 is 1.14 bits per heavy atom. The van der Waals surface area contributed by atoms with Crippen LogP contribution in [-0.2, 0) is 0 Å². The van der Waals surface area contributed by atoms with E-state index in [9.17, 15) is 14.7 Å². The number of halogens is 1. The second-order valence-electron chi connectivity index (χ2n) is 5.84. The Hall–Kier alpha value is -3.39. The number of hydrogen-bond donors (Lipinski definition) is 3. The van der Waals surface area contributed by atoms with Crippen molar-refractivity contribution >= 4 is 39.8 Å². The van der Waals surface area contributed by atoms with Crippen LogP contribution in [-0.4, -0.2) is 23.3 Å². The number of aryl methyl sites for hydroxylation is 1. The molecule has 0 saturated carbocycles. The fourth-order valence-corrected chi connectivity index (χ4v) is 2.73. The van der Waals surface area contributed by atoms with Gasteiger partial charge in [-0.1, -0.05) is 34.1 Å². The van der Waals surface area contributed by atoms with Crippen LogP contribution in [0.5, 0.6) is 0 Å². The van der Waals surface area contributed by atoms with Crippen LogP contribution in [0.15, 0.2) is 68.6 Å². The van der Waals surface area contributed by atoms with E-state index in [4.69, 9.17) is 4.42 Å². The molecule has 0 bridgehead atoms. The van der Waals surface area contributed by atoms with Gasteiger partial charge in [0, 0.05) is 15.7 Å². The predicted octanol–water partition coefficient (Wildman–Crippen LogP) is 4.87. The van der Waals surface area contributed by atoms with E-state index < -0.39 is 12.0 Å². The number of furan rings is 1. The fourth-order valence-electron chi connectivity index (χ4n) is 2.49. The number of hydrazone groups is 1. The van der Waals surface area contributed by atoms with Crippen molar-refractivity contribution in [3.8, 4) is 11.3 Å². The number of urea groups is 1. The summed E-state index contributed by atoms with van der Waals surface area (Å²) in [7, 11) is 0. The molecule has 2 amide bonds. The van der Waals surface area contributed by atoms with Gasteiger partial charge in [-0.25, -0.2) is 15.0 Å². The highest BCUT2D eigenvalue weighted by molar-refractivity contribution is 9.10. The summed E-state index contributed by atoms with van der Waals surface area (Å²) in [5.41, 5.74) is 4.58. The van der Waals surface area contributed by atoms with Crippen LogP contribution in [0.4, 0.5) is 10.5 Å². The predicted molar refractivity (Wildman–Crippen MR) is 110 cm³/mol. The van der Waals surface area contributed by atoms with Crippen molar-refractivity contribution in [1.29, 1.82) is 0 Å². The van der Waals surface area contributed by atoms with Gasteiger partial charge in [-0.2, -0.15) is 5.10 Å². The van der Waals surface area contributed by atoms with E-state index in [1.165, 1.54) is 12.3 Å². The number of hydrogen-bond acceptors (Lipinski definition) is 4. The summed E-state index contributed by atoms with van der Waals surface area (Å²) in [4.78, 5) is 23.2. The van der Waals surface area contributed by atoms with E-state index in [0.29, 0.717) is 22.8 Å². The maximum atomic E-state index is 11.9. The lowest BCUT2D eigenvalue weighted by atomic mass is 10.1. The molecule has 8 heteroatoms. The van der Waals surface area contributed by atoms with E-state index in [0.717, 1.165) is 10.0 Å². The number of aromatic carboxylic acids is 1. The average molecular weight is 442 g/mol. The number of nitrogens with zero attached hydrogens (tertiary/aromatic N) is 1. The summed E-state index contributed by atoms with van der Waals surface area (Å²) < 4.78 is 6.55. The smallest absolute Gasteiger partial charge is 0.339 e. The molecule has 0 aliphatic rings. The first-order valence-corrected chi connectivity index (χ1v) is 9.02. The molecule has 0 fully saturated rings. The molecule has 28 heavy (non-hydrogen) atoms. The van der Waals surface area contributed by atoms with Crippen molar-refractivity contribution in [2.45, 2.75) is 6.92 Å². The highest BCUT2D eigenvalue weighted by atomic mass is 79.9. The molecule has 0 saturated heterocycles. The largest absolute Gasteiger partial charge is 0.478 e. The molecule has 7 nitrogen and oxygen atoms in total. The van der Waals surface area contributed by atoms with Crippen molar-refractivity contribution in [1.82, 2.24) is 5.43 Å². The Labute approximate surface area is 169 Å². The van der Waals surface area contributed by atoms with E-state index >= 15 is 0 Å². The molecule has 2 aromatic carbocycles. The standard InChI is InChI=1S/C20H16BrN3O4/c1-12-10-13(6-8-17(12)21)23-20(27)24-22-11-14-7-9-18(28-14)15-4-2-3-5-16(15)19(25)26/h2-11H,1H3,(H,25,26)(H2,23,24,27)/b22-11+. The van der Waals surface area contributed by atoms with Crippen LogP contribution >= 0.6 is 15.9 Å². The number of rotatable bonds is 5.